The summed E-state index contributed by atoms with van der Waals surface area (Å²) in [7, 11) is 0. The summed E-state index contributed by atoms with van der Waals surface area (Å²) in [5, 5.41) is 0. The first-order chi connectivity index (χ1) is 13.0. The van der Waals surface area contributed by atoms with Crippen molar-refractivity contribution in [3.63, 3.8) is 0 Å². The van der Waals surface area contributed by atoms with E-state index in [1.54, 1.807) is 34.2 Å². The van der Waals surface area contributed by atoms with Gasteiger partial charge in [0.25, 0.3) is 5.91 Å². The van der Waals surface area contributed by atoms with Gasteiger partial charge in [0.15, 0.2) is 5.76 Å². The summed E-state index contributed by atoms with van der Waals surface area (Å²) in [6.45, 7) is 3.46. The van der Waals surface area contributed by atoms with E-state index in [4.69, 9.17) is 4.42 Å². The van der Waals surface area contributed by atoms with Crippen LogP contribution in [0.4, 0.5) is 0 Å². The number of piperazine rings is 1. The summed E-state index contributed by atoms with van der Waals surface area (Å²) in [4.78, 5) is 45.8. The van der Waals surface area contributed by atoms with Gasteiger partial charge in [-0.1, -0.05) is 6.07 Å². The van der Waals surface area contributed by atoms with E-state index in [0.29, 0.717) is 38.5 Å². The number of aromatic nitrogens is 1. The highest BCUT2D eigenvalue weighted by atomic mass is 16.3. The summed E-state index contributed by atoms with van der Waals surface area (Å²) in [5.74, 6) is -0.188. The molecule has 2 aromatic rings. The van der Waals surface area contributed by atoms with Crippen molar-refractivity contribution in [1.82, 2.24) is 19.7 Å². The molecule has 3 heterocycles. The van der Waals surface area contributed by atoms with Gasteiger partial charge in [0, 0.05) is 39.3 Å². The second-order valence-electron chi connectivity index (χ2n) is 6.35. The molecule has 0 spiro atoms. The fourth-order valence-electron chi connectivity index (χ4n) is 2.94. The predicted octanol–water partition coefficient (Wildman–Crippen LogP) is 1.01. The molecule has 0 unspecified atom stereocenters. The molecule has 1 fully saturated rings. The number of furan rings is 1. The molecule has 27 heavy (non-hydrogen) atoms. The van der Waals surface area contributed by atoms with Crippen molar-refractivity contribution in [2.45, 2.75) is 13.5 Å². The zero-order valence-electron chi connectivity index (χ0n) is 15.2. The van der Waals surface area contributed by atoms with Crippen molar-refractivity contribution in [1.29, 1.82) is 0 Å². The first-order valence-electron chi connectivity index (χ1n) is 8.80. The number of rotatable bonds is 5. The van der Waals surface area contributed by atoms with Crippen molar-refractivity contribution in [2.24, 2.45) is 0 Å². The van der Waals surface area contributed by atoms with Gasteiger partial charge < -0.3 is 19.1 Å². The Morgan fingerprint density at radius 3 is 2.41 bits per heavy atom. The van der Waals surface area contributed by atoms with Crippen molar-refractivity contribution in [2.75, 3.05) is 32.7 Å². The minimum Gasteiger partial charge on any atom is -0.459 e. The lowest BCUT2D eigenvalue weighted by Gasteiger charge is -2.35. The molecule has 0 bridgehead atoms. The van der Waals surface area contributed by atoms with Gasteiger partial charge in [-0.3, -0.25) is 19.4 Å². The van der Waals surface area contributed by atoms with Gasteiger partial charge in [0.2, 0.25) is 11.8 Å². The molecule has 0 atom stereocenters. The summed E-state index contributed by atoms with van der Waals surface area (Å²) >= 11 is 0. The first-order valence-corrected chi connectivity index (χ1v) is 8.80. The van der Waals surface area contributed by atoms with E-state index in [1.807, 2.05) is 12.1 Å². The van der Waals surface area contributed by atoms with E-state index in [0.717, 1.165) is 5.69 Å². The predicted molar refractivity (Wildman–Crippen MR) is 96.5 cm³/mol. The Bertz CT molecular complexity index is 783. The number of nitrogens with zero attached hydrogens (tertiary/aromatic N) is 4. The van der Waals surface area contributed by atoms with Crippen LogP contribution in [-0.4, -0.2) is 70.1 Å². The number of hydrogen-bond donors (Lipinski definition) is 0. The molecular weight excluding hydrogens is 348 g/mol. The molecule has 0 aliphatic carbocycles. The van der Waals surface area contributed by atoms with Crippen LogP contribution in [0.2, 0.25) is 0 Å². The fourth-order valence-corrected chi connectivity index (χ4v) is 2.94. The lowest BCUT2D eigenvalue weighted by Crippen LogP contribution is -2.52. The molecule has 8 heteroatoms. The van der Waals surface area contributed by atoms with Gasteiger partial charge in [-0.05, 0) is 24.3 Å². The normalized spacial score (nSPS) is 14.1. The van der Waals surface area contributed by atoms with Gasteiger partial charge in [-0.2, -0.15) is 0 Å². The molecule has 0 saturated carbocycles. The molecule has 0 radical (unpaired) electrons. The third kappa shape index (κ3) is 4.72. The topological polar surface area (TPSA) is 87.0 Å². The molecule has 0 N–H and O–H groups in total. The monoisotopic (exact) mass is 370 g/mol. The Kier molecular flexibility index (Phi) is 5.85. The number of pyridine rings is 1. The van der Waals surface area contributed by atoms with E-state index in [9.17, 15) is 14.4 Å². The minimum absolute atomic E-state index is 0.00195. The van der Waals surface area contributed by atoms with E-state index in [2.05, 4.69) is 4.98 Å². The SMILES string of the molecule is CC(=O)N(CC(=O)N1CCN(C(=O)c2ccco2)CC1)Cc1ccccn1. The number of carbonyl (C=O) groups is 3. The Morgan fingerprint density at radius 1 is 1.07 bits per heavy atom. The van der Waals surface area contributed by atoms with Crippen LogP contribution in [0.5, 0.6) is 0 Å². The number of hydrogen-bond acceptors (Lipinski definition) is 5. The van der Waals surface area contributed by atoms with Crippen molar-refractivity contribution in [3.05, 3.63) is 54.2 Å². The third-order valence-electron chi connectivity index (χ3n) is 4.50. The standard InChI is InChI=1S/C19H22N4O4/c1-15(24)23(13-16-5-2-3-7-20-16)14-18(25)21-8-10-22(11-9-21)19(26)17-6-4-12-27-17/h2-7,12H,8-11,13-14H2,1H3. The Morgan fingerprint density at radius 2 is 1.81 bits per heavy atom. The average Bonchev–Trinajstić information content (AvgIpc) is 3.22. The first kappa shape index (κ1) is 18.6. The molecule has 1 aliphatic rings. The van der Waals surface area contributed by atoms with Crippen LogP contribution in [0.15, 0.2) is 47.2 Å². The maximum Gasteiger partial charge on any atom is 0.289 e. The zero-order chi connectivity index (χ0) is 19.2. The molecular formula is C19H22N4O4. The van der Waals surface area contributed by atoms with E-state index in [1.165, 1.54) is 18.1 Å². The summed E-state index contributed by atoms with van der Waals surface area (Å²) in [6.07, 6.45) is 3.12. The highest BCUT2D eigenvalue weighted by Crippen LogP contribution is 2.10. The Balaban J connectivity index is 1.53. The highest BCUT2D eigenvalue weighted by Gasteiger charge is 2.27. The molecule has 3 amide bonds. The zero-order valence-corrected chi connectivity index (χ0v) is 15.2. The molecule has 142 valence electrons. The van der Waals surface area contributed by atoms with Crippen molar-refractivity contribution >= 4 is 17.7 Å². The van der Waals surface area contributed by atoms with Gasteiger partial charge >= 0.3 is 0 Å². The van der Waals surface area contributed by atoms with Crippen LogP contribution < -0.4 is 0 Å². The molecule has 3 rings (SSSR count). The Hall–Kier alpha value is -3.16. The van der Waals surface area contributed by atoms with Crippen molar-refractivity contribution in [3.8, 4) is 0 Å². The largest absolute Gasteiger partial charge is 0.459 e. The van der Waals surface area contributed by atoms with Crippen LogP contribution in [0.25, 0.3) is 0 Å². The van der Waals surface area contributed by atoms with Crippen LogP contribution in [-0.2, 0) is 16.1 Å². The fraction of sp³-hybridized carbons (Fsp3) is 0.368. The molecule has 0 aromatic carbocycles. The lowest BCUT2D eigenvalue weighted by atomic mass is 10.2. The highest BCUT2D eigenvalue weighted by molar-refractivity contribution is 5.91. The smallest absolute Gasteiger partial charge is 0.289 e. The maximum absolute atomic E-state index is 12.6. The summed E-state index contributed by atoms with van der Waals surface area (Å²) in [6, 6.07) is 8.76. The molecule has 8 nitrogen and oxygen atoms in total. The number of carbonyl (C=O) groups excluding carboxylic acids is 3. The maximum atomic E-state index is 12.6. The minimum atomic E-state index is -0.180. The summed E-state index contributed by atoms with van der Waals surface area (Å²) < 4.78 is 5.14. The molecule has 2 aromatic heterocycles. The van der Waals surface area contributed by atoms with Crippen molar-refractivity contribution < 1.29 is 18.8 Å². The van der Waals surface area contributed by atoms with Gasteiger partial charge in [-0.25, -0.2) is 0 Å². The quantitative estimate of drug-likeness (QED) is 0.784. The molecule has 1 aliphatic heterocycles. The average molecular weight is 370 g/mol. The summed E-state index contributed by atoms with van der Waals surface area (Å²) in [5.41, 5.74) is 0.731. The number of amides is 3. The second-order valence-corrected chi connectivity index (χ2v) is 6.35. The van der Waals surface area contributed by atoms with Crippen LogP contribution >= 0.6 is 0 Å². The van der Waals surface area contributed by atoms with Gasteiger partial charge in [0.1, 0.15) is 6.54 Å². The van der Waals surface area contributed by atoms with Gasteiger partial charge in [-0.15, -0.1) is 0 Å². The van der Waals surface area contributed by atoms with Gasteiger partial charge in [0.05, 0.1) is 18.5 Å². The Labute approximate surface area is 157 Å². The van der Waals surface area contributed by atoms with E-state index >= 15 is 0 Å². The van der Waals surface area contributed by atoms with Crippen LogP contribution in [0.1, 0.15) is 23.2 Å². The van der Waals surface area contributed by atoms with E-state index < -0.39 is 0 Å². The van der Waals surface area contributed by atoms with Crippen LogP contribution in [0, 0.1) is 0 Å². The second kappa shape index (κ2) is 8.48. The lowest BCUT2D eigenvalue weighted by molar-refractivity contribution is -0.140. The molecule has 1 saturated heterocycles. The van der Waals surface area contributed by atoms with E-state index in [-0.39, 0.29) is 24.3 Å². The third-order valence-corrected chi connectivity index (χ3v) is 4.50. The van der Waals surface area contributed by atoms with Crippen LogP contribution in [0.3, 0.4) is 0 Å².